The monoisotopic (exact) mass is 265 g/mol. The molecule has 19 heavy (non-hydrogen) atoms. The molecule has 4 heteroatoms. The van der Waals surface area contributed by atoms with Crippen molar-refractivity contribution in [2.24, 2.45) is 5.92 Å². The van der Waals surface area contributed by atoms with E-state index in [0.717, 1.165) is 31.5 Å². The van der Waals surface area contributed by atoms with Crippen molar-refractivity contribution in [1.82, 2.24) is 15.1 Å². The zero-order valence-corrected chi connectivity index (χ0v) is 12.2. The predicted octanol–water partition coefficient (Wildman–Crippen LogP) is 2.49. The van der Waals surface area contributed by atoms with Crippen LogP contribution in [0.2, 0.25) is 0 Å². The predicted molar refractivity (Wildman–Crippen MR) is 76.9 cm³/mol. The first kappa shape index (κ1) is 14.5. The molecule has 0 bridgehead atoms. The van der Waals surface area contributed by atoms with E-state index in [9.17, 15) is 5.11 Å². The molecule has 1 aliphatic rings. The maximum absolute atomic E-state index is 9.31. The fourth-order valence-corrected chi connectivity index (χ4v) is 3.10. The first-order chi connectivity index (χ1) is 9.28. The molecule has 1 aliphatic carbocycles. The number of aliphatic hydroxyl groups is 1. The normalized spacial score (nSPS) is 23.4. The number of nitrogens with one attached hydrogen (secondary N) is 1. The Morgan fingerprint density at radius 3 is 2.89 bits per heavy atom. The molecule has 0 radical (unpaired) electrons. The number of aliphatic hydroxyl groups excluding tert-OH is 1. The van der Waals surface area contributed by atoms with Crippen LogP contribution in [0.1, 0.15) is 57.7 Å². The Kier molecular flexibility index (Phi) is 5.40. The van der Waals surface area contributed by atoms with Gasteiger partial charge in [-0.25, -0.2) is 0 Å². The highest BCUT2D eigenvalue weighted by Crippen LogP contribution is 2.25. The molecule has 0 amide bonds. The van der Waals surface area contributed by atoms with E-state index in [2.05, 4.69) is 41.2 Å². The number of aromatic nitrogens is 2. The van der Waals surface area contributed by atoms with E-state index in [1.807, 2.05) is 0 Å². The van der Waals surface area contributed by atoms with E-state index in [0.29, 0.717) is 24.6 Å². The van der Waals surface area contributed by atoms with Gasteiger partial charge in [0, 0.05) is 25.4 Å². The fraction of sp³-hybridized carbons (Fsp3) is 0.800. The van der Waals surface area contributed by atoms with Gasteiger partial charge in [-0.15, -0.1) is 0 Å². The summed E-state index contributed by atoms with van der Waals surface area (Å²) >= 11 is 0. The minimum Gasteiger partial charge on any atom is -0.396 e. The van der Waals surface area contributed by atoms with Crippen molar-refractivity contribution in [3.63, 3.8) is 0 Å². The van der Waals surface area contributed by atoms with Crippen molar-refractivity contribution in [2.75, 3.05) is 6.61 Å². The third-order valence-corrected chi connectivity index (χ3v) is 4.42. The Hall–Kier alpha value is -0.870. The van der Waals surface area contributed by atoms with Crippen LogP contribution in [0.4, 0.5) is 0 Å². The van der Waals surface area contributed by atoms with Crippen LogP contribution in [-0.4, -0.2) is 27.5 Å². The van der Waals surface area contributed by atoms with Crippen molar-refractivity contribution in [3.8, 4) is 0 Å². The van der Waals surface area contributed by atoms with Crippen molar-refractivity contribution in [2.45, 2.75) is 64.6 Å². The first-order valence-corrected chi connectivity index (χ1v) is 7.66. The molecule has 1 aromatic rings. The third-order valence-electron chi connectivity index (χ3n) is 4.42. The molecule has 4 nitrogen and oxygen atoms in total. The van der Waals surface area contributed by atoms with E-state index >= 15 is 0 Å². The van der Waals surface area contributed by atoms with E-state index < -0.39 is 0 Å². The molecular weight excluding hydrogens is 238 g/mol. The van der Waals surface area contributed by atoms with Crippen molar-refractivity contribution >= 4 is 0 Å². The highest BCUT2D eigenvalue weighted by atomic mass is 16.3. The highest BCUT2D eigenvalue weighted by Gasteiger charge is 2.26. The summed E-state index contributed by atoms with van der Waals surface area (Å²) in [6.07, 6.45) is 7.90. The molecule has 2 rings (SSSR count). The van der Waals surface area contributed by atoms with Gasteiger partial charge in [-0.1, -0.05) is 20.3 Å². The second-order valence-electron chi connectivity index (χ2n) is 5.62. The summed E-state index contributed by atoms with van der Waals surface area (Å²) in [5.74, 6) is 0.432. The van der Waals surface area contributed by atoms with Crippen LogP contribution >= 0.6 is 0 Å². The fourth-order valence-electron chi connectivity index (χ4n) is 3.10. The van der Waals surface area contributed by atoms with Gasteiger partial charge in [0.25, 0.3) is 0 Å². The molecule has 1 aromatic heterocycles. The summed E-state index contributed by atoms with van der Waals surface area (Å²) < 4.78 is 2.09. The Morgan fingerprint density at radius 1 is 1.42 bits per heavy atom. The molecule has 1 saturated carbocycles. The Labute approximate surface area is 116 Å². The summed E-state index contributed by atoms with van der Waals surface area (Å²) in [4.78, 5) is 0. The van der Waals surface area contributed by atoms with Crippen LogP contribution < -0.4 is 5.32 Å². The lowest BCUT2D eigenvalue weighted by atomic mass is 10.1. The molecule has 0 spiro atoms. The third kappa shape index (κ3) is 3.57. The zero-order chi connectivity index (χ0) is 13.7. The summed E-state index contributed by atoms with van der Waals surface area (Å²) in [6.45, 7) is 5.53. The number of nitrogens with zero attached hydrogens (tertiary/aromatic N) is 2. The van der Waals surface area contributed by atoms with Crippen LogP contribution in [0.25, 0.3) is 0 Å². The minimum atomic E-state index is 0.305. The van der Waals surface area contributed by atoms with Gasteiger partial charge in [0.2, 0.25) is 0 Å². The van der Waals surface area contributed by atoms with Crippen molar-refractivity contribution < 1.29 is 5.11 Å². The number of hydrogen-bond donors (Lipinski definition) is 2. The van der Waals surface area contributed by atoms with Gasteiger partial charge < -0.3 is 10.4 Å². The molecule has 2 atom stereocenters. The molecule has 108 valence electrons. The minimum absolute atomic E-state index is 0.305. The van der Waals surface area contributed by atoms with E-state index in [4.69, 9.17) is 0 Å². The van der Waals surface area contributed by atoms with Crippen LogP contribution in [0.5, 0.6) is 0 Å². The summed E-state index contributed by atoms with van der Waals surface area (Å²) in [5, 5.41) is 17.5. The van der Waals surface area contributed by atoms with Gasteiger partial charge in [-0.05, 0) is 37.7 Å². The van der Waals surface area contributed by atoms with E-state index in [1.54, 1.807) is 0 Å². The quantitative estimate of drug-likeness (QED) is 0.796. The second kappa shape index (κ2) is 7.06. The van der Waals surface area contributed by atoms with Crippen LogP contribution in [0.3, 0.4) is 0 Å². The molecule has 0 aliphatic heterocycles. The summed E-state index contributed by atoms with van der Waals surface area (Å²) in [6, 6.07) is 3.09. The molecule has 0 aromatic carbocycles. The lowest BCUT2D eigenvalue weighted by molar-refractivity contribution is 0.205. The summed E-state index contributed by atoms with van der Waals surface area (Å²) in [5.41, 5.74) is 1.11. The van der Waals surface area contributed by atoms with Gasteiger partial charge in [0.15, 0.2) is 0 Å². The molecule has 0 saturated heterocycles. The van der Waals surface area contributed by atoms with E-state index in [-0.39, 0.29) is 0 Å². The van der Waals surface area contributed by atoms with Gasteiger partial charge in [0.1, 0.15) is 0 Å². The zero-order valence-electron chi connectivity index (χ0n) is 12.2. The second-order valence-corrected chi connectivity index (χ2v) is 5.62. The van der Waals surface area contributed by atoms with Crippen LogP contribution in [-0.2, 0) is 6.54 Å². The number of rotatable bonds is 7. The number of hydrogen-bond acceptors (Lipinski definition) is 3. The Bertz CT molecular complexity index is 373. The molecule has 1 fully saturated rings. The summed E-state index contributed by atoms with van der Waals surface area (Å²) in [7, 11) is 0. The maximum Gasteiger partial charge on any atom is 0.0762 e. The maximum atomic E-state index is 9.31. The van der Waals surface area contributed by atoms with Gasteiger partial charge >= 0.3 is 0 Å². The lowest BCUT2D eigenvalue weighted by Crippen LogP contribution is -2.33. The largest absolute Gasteiger partial charge is 0.396 e. The smallest absolute Gasteiger partial charge is 0.0762 e. The average Bonchev–Trinajstić information content (AvgIpc) is 3.06. The van der Waals surface area contributed by atoms with Crippen LogP contribution in [0.15, 0.2) is 12.3 Å². The standard InChI is InChI=1S/C15H27N3O/c1-3-14(4-2)18-9-8-13(17-18)10-16-15-7-5-6-12(15)11-19/h8-9,12,14-16,19H,3-7,10-11H2,1-2H3. The molecule has 1 heterocycles. The molecule has 2 unspecified atom stereocenters. The first-order valence-electron chi connectivity index (χ1n) is 7.66. The van der Waals surface area contributed by atoms with Crippen LogP contribution in [0, 0.1) is 5.92 Å². The highest BCUT2D eigenvalue weighted by molar-refractivity contribution is 5.00. The Balaban J connectivity index is 1.86. The SMILES string of the molecule is CCC(CC)n1ccc(CNC2CCCC2CO)n1. The van der Waals surface area contributed by atoms with Crippen molar-refractivity contribution in [3.05, 3.63) is 18.0 Å². The molecule has 2 N–H and O–H groups in total. The lowest BCUT2D eigenvalue weighted by Gasteiger charge is -2.18. The average molecular weight is 265 g/mol. The van der Waals surface area contributed by atoms with E-state index in [1.165, 1.54) is 12.8 Å². The van der Waals surface area contributed by atoms with Crippen molar-refractivity contribution in [1.29, 1.82) is 0 Å². The topological polar surface area (TPSA) is 50.1 Å². The van der Waals surface area contributed by atoms with Gasteiger partial charge in [0.05, 0.1) is 11.7 Å². The van der Waals surface area contributed by atoms with Gasteiger partial charge in [-0.2, -0.15) is 5.10 Å². The van der Waals surface area contributed by atoms with Gasteiger partial charge in [-0.3, -0.25) is 4.68 Å². The molecular formula is C15H27N3O. The Morgan fingerprint density at radius 2 is 2.21 bits per heavy atom.